The summed E-state index contributed by atoms with van der Waals surface area (Å²) in [6.45, 7) is 1.90. The molecule has 5 heteroatoms. The minimum Gasteiger partial charge on any atom is -0.480 e. The lowest BCUT2D eigenvalue weighted by atomic mass is 9.88. The van der Waals surface area contributed by atoms with E-state index in [2.05, 4.69) is 5.32 Å². The molecule has 27 heavy (non-hydrogen) atoms. The van der Waals surface area contributed by atoms with Gasteiger partial charge >= 0.3 is 5.97 Å². The van der Waals surface area contributed by atoms with Gasteiger partial charge in [-0.15, -0.1) is 0 Å². The molecule has 0 radical (unpaired) electrons. The lowest BCUT2D eigenvalue weighted by molar-refractivity contribution is -0.139. The minimum atomic E-state index is -1.06. The second-order valence-electron chi connectivity index (χ2n) is 6.38. The van der Waals surface area contributed by atoms with Crippen LogP contribution in [-0.4, -0.2) is 23.0 Å². The highest BCUT2D eigenvalue weighted by atomic mass is 35.5. The topological polar surface area (TPSA) is 66.4 Å². The van der Waals surface area contributed by atoms with Gasteiger partial charge in [-0.2, -0.15) is 0 Å². The molecule has 3 aromatic carbocycles. The quantitative estimate of drug-likeness (QED) is 0.640. The molecule has 0 saturated heterocycles. The molecule has 3 aromatic rings. The Kier molecular flexibility index (Phi) is 5.77. The zero-order chi connectivity index (χ0) is 19.4. The molecule has 0 saturated carbocycles. The molecule has 3 rings (SSSR count). The fourth-order valence-electron chi connectivity index (χ4n) is 3.35. The van der Waals surface area contributed by atoms with Gasteiger partial charge < -0.3 is 10.4 Å². The van der Waals surface area contributed by atoms with E-state index < -0.39 is 17.9 Å². The number of amides is 1. The van der Waals surface area contributed by atoms with Crippen LogP contribution in [0.3, 0.4) is 0 Å². The molecule has 2 atom stereocenters. The summed E-state index contributed by atoms with van der Waals surface area (Å²) >= 11 is 5.94. The van der Waals surface area contributed by atoms with Crippen LogP contribution in [0.15, 0.2) is 66.7 Å². The van der Waals surface area contributed by atoms with Gasteiger partial charge in [0.05, 0.1) is 0 Å². The van der Waals surface area contributed by atoms with Crippen LogP contribution in [0.1, 0.15) is 35.2 Å². The van der Waals surface area contributed by atoms with Gasteiger partial charge in [-0.3, -0.25) is 4.79 Å². The van der Waals surface area contributed by atoms with Crippen LogP contribution in [0.4, 0.5) is 0 Å². The van der Waals surface area contributed by atoms with Gasteiger partial charge in [0.15, 0.2) is 0 Å². The first kappa shape index (κ1) is 18.9. The number of aliphatic carboxylic acids is 1. The van der Waals surface area contributed by atoms with Crippen LogP contribution in [0.25, 0.3) is 10.8 Å². The standard InChI is InChI=1S/C22H20ClNO3/c1-2-17(15-10-12-16(23)13-11-15)20(22(26)27)24-21(25)19-9-5-7-14-6-3-4-8-18(14)19/h3-13,17,20H,2H2,1H3,(H,24,25)(H,26,27). The molecule has 0 aromatic heterocycles. The Morgan fingerprint density at radius 3 is 2.33 bits per heavy atom. The summed E-state index contributed by atoms with van der Waals surface area (Å²) in [5.74, 6) is -1.82. The van der Waals surface area contributed by atoms with Gasteiger partial charge in [-0.05, 0) is 41.0 Å². The van der Waals surface area contributed by atoms with Crippen molar-refractivity contribution < 1.29 is 14.7 Å². The summed E-state index contributed by atoms with van der Waals surface area (Å²) in [5.41, 5.74) is 1.29. The minimum absolute atomic E-state index is 0.362. The van der Waals surface area contributed by atoms with Gasteiger partial charge in [0, 0.05) is 16.5 Å². The Balaban J connectivity index is 1.92. The molecule has 0 heterocycles. The van der Waals surface area contributed by atoms with Gasteiger partial charge in [0.25, 0.3) is 5.91 Å². The highest BCUT2D eigenvalue weighted by Crippen LogP contribution is 2.26. The maximum absolute atomic E-state index is 12.9. The number of fused-ring (bicyclic) bond motifs is 1. The number of nitrogens with one attached hydrogen (secondary N) is 1. The lowest BCUT2D eigenvalue weighted by Crippen LogP contribution is -2.45. The third kappa shape index (κ3) is 4.12. The highest BCUT2D eigenvalue weighted by Gasteiger charge is 2.30. The van der Waals surface area contributed by atoms with E-state index in [1.54, 1.807) is 36.4 Å². The zero-order valence-electron chi connectivity index (χ0n) is 14.9. The second kappa shape index (κ2) is 8.23. The van der Waals surface area contributed by atoms with E-state index in [-0.39, 0.29) is 5.92 Å². The molecule has 0 fully saturated rings. The molecule has 2 unspecified atom stereocenters. The van der Waals surface area contributed by atoms with E-state index in [0.717, 1.165) is 16.3 Å². The maximum atomic E-state index is 12.9. The maximum Gasteiger partial charge on any atom is 0.326 e. The number of carbonyl (C=O) groups is 2. The van der Waals surface area contributed by atoms with Crippen molar-refractivity contribution in [2.24, 2.45) is 0 Å². The van der Waals surface area contributed by atoms with Gasteiger partial charge in [0.1, 0.15) is 6.04 Å². The third-order valence-electron chi connectivity index (χ3n) is 4.73. The molecule has 0 spiro atoms. The van der Waals surface area contributed by atoms with Crippen molar-refractivity contribution in [3.63, 3.8) is 0 Å². The van der Waals surface area contributed by atoms with E-state index in [9.17, 15) is 14.7 Å². The number of rotatable bonds is 6. The Morgan fingerprint density at radius 1 is 1.00 bits per heavy atom. The second-order valence-corrected chi connectivity index (χ2v) is 6.82. The molecule has 4 nitrogen and oxygen atoms in total. The van der Waals surface area contributed by atoms with Crippen LogP contribution >= 0.6 is 11.6 Å². The first-order valence-electron chi connectivity index (χ1n) is 8.78. The van der Waals surface area contributed by atoms with Crippen LogP contribution in [0.5, 0.6) is 0 Å². The average Bonchev–Trinajstić information content (AvgIpc) is 2.68. The predicted octanol–water partition coefficient (Wildman–Crippen LogP) is 4.87. The van der Waals surface area contributed by atoms with Crippen LogP contribution < -0.4 is 5.32 Å². The number of carboxylic acid groups (broad SMARTS) is 1. The SMILES string of the molecule is CCC(c1ccc(Cl)cc1)C(NC(=O)c1cccc2ccccc12)C(=O)O. The Labute approximate surface area is 162 Å². The monoisotopic (exact) mass is 381 g/mol. The normalized spacial score (nSPS) is 13.1. The fourth-order valence-corrected chi connectivity index (χ4v) is 3.48. The molecular formula is C22H20ClNO3. The van der Waals surface area contributed by atoms with Crippen molar-refractivity contribution in [2.45, 2.75) is 25.3 Å². The van der Waals surface area contributed by atoms with Crippen LogP contribution in [0, 0.1) is 0 Å². The molecule has 138 valence electrons. The number of hydrogen-bond acceptors (Lipinski definition) is 2. The van der Waals surface area contributed by atoms with E-state index in [1.165, 1.54) is 0 Å². The third-order valence-corrected chi connectivity index (χ3v) is 4.98. The van der Waals surface area contributed by atoms with E-state index in [1.807, 2.05) is 37.3 Å². The molecule has 0 aliphatic rings. The molecule has 0 bridgehead atoms. The smallest absolute Gasteiger partial charge is 0.326 e. The van der Waals surface area contributed by atoms with Crippen molar-refractivity contribution >= 4 is 34.2 Å². The van der Waals surface area contributed by atoms with E-state index in [4.69, 9.17) is 11.6 Å². The summed E-state index contributed by atoms with van der Waals surface area (Å²) in [6, 6.07) is 19.0. The Morgan fingerprint density at radius 2 is 1.67 bits per heavy atom. The van der Waals surface area contributed by atoms with E-state index in [0.29, 0.717) is 17.0 Å². The van der Waals surface area contributed by atoms with Crippen LogP contribution in [-0.2, 0) is 4.79 Å². The highest BCUT2D eigenvalue weighted by molar-refractivity contribution is 6.30. The Hall–Kier alpha value is -2.85. The van der Waals surface area contributed by atoms with Crippen molar-refractivity contribution in [2.75, 3.05) is 0 Å². The summed E-state index contributed by atoms with van der Waals surface area (Å²) in [4.78, 5) is 24.8. The van der Waals surface area contributed by atoms with Crippen LogP contribution in [0.2, 0.25) is 5.02 Å². The number of benzene rings is 3. The summed E-state index contributed by atoms with van der Waals surface area (Å²) < 4.78 is 0. The first-order chi connectivity index (χ1) is 13.0. The fraction of sp³-hybridized carbons (Fsp3) is 0.182. The van der Waals surface area contributed by atoms with Crippen molar-refractivity contribution in [1.29, 1.82) is 0 Å². The summed E-state index contributed by atoms with van der Waals surface area (Å²) in [6.07, 6.45) is 0.564. The van der Waals surface area contributed by atoms with Crippen molar-refractivity contribution in [3.05, 3.63) is 82.9 Å². The van der Waals surface area contributed by atoms with Gasteiger partial charge in [-0.25, -0.2) is 4.79 Å². The lowest BCUT2D eigenvalue weighted by Gasteiger charge is -2.24. The molecule has 0 aliphatic heterocycles. The number of hydrogen-bond donors (Lipinski definition) is 2. The number of carbonyl (C=O) groups excluding carboxylic acids is 1. The molecule has 2 N–H and O–H groups in total. The Bertz CT molecular complexity index is 963. The summed E-state index contributed by atoms with van der Waals surface area (Å²) in [7, 11) is 0. The van der Waals surface area contributed by atoms with Gasteiger partial charge in [0.2, 0.25) is 0 Å². The zero-order valence-corrected chi connectivity index (χ0v) is 15.6. The molecular weight excluding hydrogens is 362 g/mol. The number of carboxylic acids is 1. The molecule has 1 amide bonds. The molecule has 0 aliphatic carbocycles. The van der Waals surface area contributed by atoms with Crippen molar-refractivity contribution in [1.82, 2.24) is 5.32 Å². The largest absolute Gasteiger partial charge is 0.480 e. The predicted molar refractivity (Wildman–Crippen MR) is 107 cm³/mol. The van der Waals surface area contributed by atoms with Gasteiger partial charge in [-0.1, -0.05) is 67.1 Å². The van der Waals surface area contributed by atoms with Crippen molar-refractivity contribution in [3.8, 4) is 0 Å². The average molecular weight is 382 g/mol. The van der Waals surface area contributed by atoms with E-state index >= 15 is 0 Å². The number of halogens is 1. The first-order valence-corrected chi connectivity index (χ1v) is 9.16. The summed E-state index contributed by atoms with van der Waals surface area (Å²) in [5, 5.41) is 14.8.